The van der Waals surface area contributed by atoms with Gasteiger partial charge in [-0.2, -0.15) is 0 Å². The lowest BCUT2D eigenvalue weighted by Gasteiger charge is -2.20. The molecule has 5 heteroatoms. The molecular weight excluding hydrogens is 304 g/mol. The molecule has 0 saturated heterocycles. The van der Waals surface area contributed by atoms with E-state index in [4.69, 9.17) is 4.74 Å². The second-order valence-electron chi connectivity index (χ2n) is 5.81. The van der Waals surface area contributed by atoms with E-state index in [1.807, 2.05) is 19.9 Å². The van der Waals surface area contributed by atoms with E-state index in [9.17, 15) is 9.59 Å². The lowest BCUT2D eigenvalue weighted by Crippen LogP contribution is -2.43. The smallest absolute Gasteiger partial charge is 0.272 e. The predicted octanol–water partition coefficient (Wildman–Crippen LogP) is 3.04. The van der Waals surface area contributed by atoms with Crippen LogP contribution in [0.15, 0.2) is 36.4 Å². The minimum atomic E-state index is -0.355. The number of nitrogens with zero attached hydrogens (tertiary/aromatic N) is 1. The van der Waals surface area contributed by atoms with E-state index < -0.39 is 0 Å². The first-order valence-corrected chi connectivity index (χ1v) is 7.64. The van der Waals surface area contributed by atoms with Gasteiger partial charge in [0.15, 0.2) is 0 Å². The van der Waals surface area contributed by atoms with Crippen LogP contribution in [0.4, 0.5) is 0 Å². The highest BCUT2D eigenvalue weighted by Gasteiger charge is 2.18. The Bertz CT molecular complexity index is 764. The molecular formula is C19H22N2O3. The summed E-state index contributed by atoms with van der Waals surface area (Å²) >= 11 is 0. The molecule has 0 radical (unpaired) electrons. The number of rotatable bonds is 3. The van der Waals surface area contributed by atoms with Gasteiger partial charge in [0.1, 0.15) is 5.75 Å². The largest absolute Gasteiger partial charge is 0.496 e. The van der Waals surface area contributed by atoms with E-state index in [2.05, 4.69) is 5.43 Å². The molecule has 2 amide bonds. The van der Waals surface area contributed by atoms with Crippen LogP contribution < -0.4 is 10.2 Å². The Morgan fingerprint density at radius 1 is 1.04 bits per heavy atom. The summed E-state index contributed by atoms with van der Waals surface area (Å²) in [4.78, 5) is 25.0. The van der Waals surface area contributed by atoms with Crippen LogP contribution in [0.5, 0.6) is 5.75 Å². The number of carbonyl (C=O) groups excluding carboxylic acids is 2. The highest BCUT2D eigenvalue weighted by molar-refractivity contribution is 6.00. The molecule has 24 heavy (non-hydrogen) atoms. The van der Waals surface area contributed by atoms with Crippen LogP contribution in [0.2, 0.25) is 0 Å². The second kappa shape index (κ2) is 7.17. The maximum atomic E-state index is 12.5. The molecule has 2 aromatic carbocycles. The lowest BCUT2D eigenvalue weighted by atomic mass is 10.1. The van der Waals surface area contributed by atoms with Crippen LogP contribution in [0.3, 0.4) is 0 Å². The molecule has 0 aliphatic rings. The molecule has 0 atom stereocenters. The number of benzene rings is 2. The van der Waals surface area contributed by atoms with Crippen molar-refractivity contribution >= 4 is 11.8 Å². The zero-order valence-corrected chi connectivity index (χ0v) is 14.6. The van der Waals surface area contributed by atoms with Crippen molar-refractivity contribution in [2.45, 2.75) is 20.8 Å². The minimum absolute atomic E-state index is 0.268. The summed E-state index contributed by atoms with van der Waals surface area (Å²) in [6.07, 6.45) is 0. The van der Waals surface area contributed by atoms with Gasteiger partial charge in [-0.05, 0) is 45.0 Å². The first-order valence-electron chi connectivity index (χ1n) is 7.64. The Morgan fingerprint density at radius 2 is 1.67 bits per heavy atom. The van der Waals surface area contributed by atoms with Crippen molar-refractivity contribution in [2.24, 2.45) is 0 Å². The van der Waals surface area contributed by atoms with E-state index >= 15 is 0 Å². The summed E-state index contributed by atoms with van der Waals surface area (Å²) in [5.74, 6) is 0.00765. The predicted molar refractivity (Wildman–Crippen MR) is 93.2 cm³/mol. The second-order valence-corrected chi connectivity index (χ2v) is 5.81. The molecule has 0 fully saturated rings. The number of amides is 2. The molecule has 0 saturated carbocycles. The molecule has 2 rings (SSSR count). The van der Waals surface area contributed by atoms with Crippen molar-refractivity contribution < 1.29 is 14.3 Å². The summed E-state index contributed by atoms with van der Waals surface area (Å²) in [5.41, 5.74) is 6.35. The molecule has 0 spiro atoms. The normalized spacial score (nSPS) is 10.2. The van der Waals surface area contributed by atoms with Crippen LogP contribution in [-0.4, -0.2) is 31.0 Å². The molecule has 0 aliphatic carbocycles. The first kappa shape index (κ1) is 17.5. The standard InChI is InChI=1S/C19H22N2O3/c1-12-9-13(2)11-15(10-12)19(23)21(4)20-18(22)16-7-6-8-17(24-5)14(16)3/h6-11H,1-5H3,(H,20,22). The summed E-state index contributed by atoms with van der Waals surface area (Å²) < 4.78 is 5.22. The number of hydrogen-bond acceptors (Lipinski definition) is 3. The van der Waals surface area contributed by atoms with E-state index in [1.165, 1.54) is 12.1 Å². The number of hydrogen-bond donors (Lipinski definition) is 1. The Morgan fingerprint density at radius 3 is 2.25 bits per heavy atom. The van der Waals surface area contributed by atoms with E-state index in [0.717, 1.165) is 16.7 Å². The van der Waals surface area contributed by atoms with Gasteiger partial charge >= 0.3 is 0 Å². The number of carbonyl (C=O) groups is 2. The molecule has 0 bridgehead atoms. The van der Waals surface area contributed by atoms with Crippen molar-refractivity contribution in [3.63, 3.8) is 0 Å². The third kappa shape index (κ3) is 3.74. The van der Waals surface area contributed by atoms with Gasteiger partial charge in [0.05, 0.1) is 7.11 Å². The fourth-order valence-corrected chi connectivity index (χ4v) is 2.64. The average molecular weight is 326 g/mol. The molecule has 0 unspecified atom stereocenters. The summed E-state index contributed by atoms with van der Waals surface area (Å²) in [6, 6.07) is 10.8. The van der Waals surface area contributed by atoms with Gasteiger partial charge in [0.2, 0.25) is 0 Å². The average Bonchev–Trinajstić information content (AvgIpc) is 2.53. The first-order chi connectivity index (χ1) is 11.3. The number of hydrazine groups is 1. The van der Waals surface area contributed by atoms with Crippen LogP contribution in [0.25, 0.3) is 0 Å². The highest BCUT2D eigenvalue weighted by Crippen LogP contribution is 2.20. The van der Waals surface area contributed by atoms with Gasteiger partial charge in [-0.3, -0.25) is 20.0 Å². The van der Waals surface area contributed by atoms with E-state index in [1.54, 1.807) is 44.4 Å². The maximum absolute atomic E-state index is 12.5. The Labute approximate surface area is 142 Å². The van der Waals surface area contributed by atoms with Crippen LogP contribution >= 0.6 is 0 Å². The Hall–Kier alpha value is -2.82. The van der Waals surface area contributed by atoms with Crippen molar-refractivity contribution in [3.05, 3.63) is 64.2 Å². The van der Waals surface area contributed by atoms with Crippen molar-refractivity contribution in [1.29, 1.82) is 0 Å². The zero-order chi connectivity index (χ0) is 17.9. The third-order valence-corrected chi connectivity index (χ3v) is 3.79. The maximum Gasteiger partial charge on any atom is 0.272 e. The fraction of sp³-hybridized carbons (Fsp3) is 0.263. The van der Waals surface area contributed by atoms with Gasteiger partial charge < -0.3 is 4.74 Å². The molecule has 0 aliphatic heterocycles. The van der Waals surface area contributed by atoms with E-state index in [0.29, 0.717) is 16.9 Å². The Kier molecular flexibility index (Phi) is 5.24. The van der Waals surface area contributed by atoms with Gasteiger partial charge in [0, 0.05) is 23.7 Å². The lowest BCUT2D eigenvalue weighted by molar-refractivity contribution is 0.0636. The van der Waals surface area contributed by atoms with Gasteiger partial charge in [0.25, 0.3) is 11.8 Å². The molecule has 2 aromatic rings. The van der Waals surface area contributed by atoms with Gasteiger partial charge in [-0.25, -0.2) is 0 Å². The van der Waals surface area contributed by atoms with Crippen LogP contribution in [-0.2, 0) is 0 Å². The molecule has 0 heterocycles. The SMILES string of the molecule is COc1cccc(C(=O)NN(C)C(=O)c2cc(C)cc(C)c2)c1C. The van der Waals surface area contributed by atoms with Gasteiger partial charge in [-0.15, -0.1) is 0 Å². The molecule has 1 N–H and O–H groups in total. The van der Waals surface area contributed by atoms with Crippen LogP contribution in [0.1, 0.15) is 37.4 Å². The number of methoxy groups -OCH3 is 1. The van der Waals surface area contributed by atoms with E-state index in [-0.39, 0.29) is 11.8 Å². The quantitative estimate of drug-likeness (QED) is 0.882. The Balaban J connectivity index is 2.18. The van der Waals surface area contributed by atoms with Gasteiger partial charge in [-0.1, -0.05) is 23.3 Å². The van der Waals surface area contributed by atoms with Crippen molar-refractivity contribution in [2.75, 3.05) is 14.2 Å². The van der Waals surface area contributed by atoms with Crippen molar-refractivity contribution in [3.8, 4) is 5.75 Å². The number of nitrogens with one attached hydrogen (secondary N) is 1. The van der Waals surface area contributed by atoms with Crippen molar-refractivity contribution in [1.82, 2.24) is 10.4 Å². The fourth-order valence-electron chi connectivity index (χ4n) is 2.64. The summed E-state index contributed by atoms with van der Waals surface area (Å²) in [5, 5.41) is 1.20. The topological polar surface area (TPSA) is 58.6 Å². The summed E-state index contributed by atoms with van der Waals surface area (Å²) in [7, 11) is 3.09. The zero-order valence-electron chi connectivity index (χ0n) is 14.6. The molecule has 0 aromatic heterocycles. The third-order valence-electron chi connectivity index (χ3n) is 3.79. The molecule has 126 valence electrons. The van der Waals surface area contributed by atoms with Crippen LogP contribution in [0, 0.1) is 20.8 Å². The molecule has 5 nitrogen and oxygen atoms in total. The number of ether oxygens (including phenoxy) is 1. The highest BCUT2D eigenvalue weighted by atomic mass is 16.5. The number of aryl methyl sites for hydroxylation is 2. The minimum Gasteiger partial charge on any atom is -0.496 e. The summed E-state index contributed by atoms with van der Waals surface area (Å²) in [6.45, 7) is 5.67. The monoisotopic (exact) mass is 326 g/mol.